The lowest BCUT2D eigenvalue weighted by molar-refractivity contribution is -0.140. The van der Waals surface area contributed by atoms with Crippen LogP contribution in [0.5, 0.6) is 0 Å². The lowest BCUT2D eigenvalue weighted by Crippen LogP contribution is -2.28. The molecule has 1 rings (SSSR count). The van der Waals surface area contributed by atoms with Gasteiger partial charge in [-0.1, -0.05) is 35.5 Å². The van der Waals surface area contributed by atoms with Crippen LogP contribution >= 0.6 is 0 Å². The summed E-state index contributed by atoms with van der Waals surface area (Å²) in [4.78, 5) is 28.1. The molecule has 6 heteroatoms. The zero-order chi connectivity index (χ0) is 14.8. The van der Waals surface area contributed by atoms with Gasteiger partial charge in [-0.2, -0.15) is 0 Å². The minimum absolute atomic E-state index is 0.135. The molecule has 0 fully saturated rings. The van der Waals surface area contributed by atoms with Crippen LogP contribution in [0, 0.1) is 0 Å². The Balaban J connectivity index is 2.69. The Hall–Kier alpha value is -2.37. The van der Waals surface area contributed by atoms with Gasteiger partial charge in [-0.05, 0) is 19.4 Å². The van der Waals surface area contributed by atoms with E-state index in [4.69, 9.17) is 14.3 Å². The van der Waals surface area contributed by atoms with Crippen molar-refractivity contribution in [3.05, 3.63) is 35.9 Å². The van der Waals surface area contributed by atoms with Gasteiger partial charge in [0.1, 0.15) is 6.61 Å². The molecule has 1 aromatic rings. The van der Waals surface area contributed by atoms with E-state index in [1.165, 1.54) is 0 Å². The van der Waals surface area contributed by atoms with Crippen molar-refractivity contribution < 1.29 is 23.9 Å². The van der Waals surface area contributed by atoms with Crippen molar-refractivity contribution in [2.24, 2.45) is 5.16 Å². The van der Waals surface area contributed by atoms with Gasteiger partial charge in [-0.15, -0.1) is 0 Å². The lowest BCUT2D eigenvalue weighted by atomic mass is 10.2. The molecule has 108 valence electrons. The maximum atomic E-state index is 11.6. The predicted octanol–water partition coefficient (Wildman–Crippen LogP) is 1.69. The fourth-order valence-corrected chi connectivity index (χ4v) is 1.30. The molecule has 0 N–H and O–H groups in total. The maximum Gasteiger partial charge on any atom is 0.368 e. The highest BCUT2D eigenvalue weighted by atomic mass is 16.6. The van der Waals surface area contributed by atoms with Crippen molar-refractivity contribution in [2.75, 3.05) is 13.2 Å². The van der Waals surface area contributed by atoms with Crippen molar-refractivity contribution in [1.82, 2.24) is 0 Å². The second-order valence-electron chi connectivity index (χ2n) is 3.64. The first-order valence-corrected chi connectivity index (χ1v) is 6.27. The molecule has 0 bridgehead atoms. The lowest BCUT2D eigenvalue weighted by Gasteiger charge is -2.05. The summed E-state index contributed by atoms with van der Waals surface area (Å²) in [6.07, 6.45) is 0. The van der Waals surface area contributed by atoms with E-state index in [1.54, 1.807) is 13.8 Å². The van der Waals surface area contributed by atoms with E-state index in [2.05, 4.69) is 5.16 Å². The first-order chi connectivity index (χ1) is 9.69. The molecule has 0 aliphatic carbocycles. The van der Waals surface area contributed by atoms with Crippen LogP contribution in [-0.2, 0) is 30.5 Å². The van der Waals surface area contributed by atoms with Crippen LogP contribution < -0.4 is 0 Å². The molecule has 6 nitrogen and oxygen atoms in total. The second kappa shape index (κ2) is 8.68. The molecule has 0 radical (unpaired) electrons. The van der Waals surface area contributed by atoms with Gasteiger partial charge < -0.3 is 14.3 Å². The van der Waals surface area contributed by atoms with Crippen molar-refractivity contribution >= 4 is 17.7 Å². The normalized spacial score (nSPS) is 9.50. The minimum Gasteiger partial charge on any atom is -0.461 e. The minimum atomic E-state index is -0.862. The number of ether oxygens (including phenoxy) is 2. The Morgan fingerprint density at radius 2 is 1.55 bits per heavy atom. The SMILES string of the molecule is CCOC(=O)C(=NOCc1ccccc1)C(=O)OCC. The van der Waals surface area contributed by atoms with Gasteiger partial charge in [0.15, 0.2) is 0 Å². The number of hydrogen-bond acceptors (Lipinski definition) is 6. The van der Waals surface area contributed by atoms with Gasteiger partial charge in [-0.3, -0.25) is 0 Å². The Morgan fingerprint density at radius 1 is 1.00 bits per heavy atom. The summed E-state index contributed by atoms with van der Waals surface area (Å²) in [5.74, 6) is -1.72. The van der Waals surface area contributed by atoms with Crippen molar-refractivity contribution in [2.45, 2.75) is 20.5 Å². The molecule has 0 unspecified atom stereocenters. The van der Waals surface area contributed by atoms with Crippen LogP contribution in [0.15, 0.2) is 35.5 Å². The zero-order valence-corrected chi connectivity index (χ0v) is 11.5. The quantitative estimate of drug-likeness (QED) is 0.328. The fourth-order valence-electron chi connectivity index (χ4n) is 1.30. The standard InChI is InChI=1S/C14H17NO5/c1-3-18-13(16)12(14(17)19-4-2)15-20-10-11-8-6-5-7-9-11/h5-9H,3-4,10H2,1-2H3. The van der Waals surface area contributed by atoms with E-state index >= 15 is 0 Å². The van der Waals surface area contributed by atoms with Crippen LogP contribution in [0.25, 0.3) is 0 Å². The zero-order valence-electron chi connectivity index (χ0n) is 11.5. The van der Waals surface area contributed by atoms with Gasteiger partial charge in [0.05, 0.1) is 13.2 Å². The van der Waals surface area contributed by atoms with E-state index in [0.717, 1.165) is 5.56 Å². The average Bonchev–Trinajstić information content (AvgIpc) is 2.45. The molecule has 0 atom stereocenters. The van der Waals surface area contributed by atoms with Crippen molar-refractivity contribution in [3.8, 4) is 0 Å². The summed E-state index contributed by atoms with van der Waals surface area (Å²) in [5.41, 5.74) is 0.368. The predicted molar refractivity (Wildman–Crippen MR) is 71.9 cm³/mol. The summed E-state index contributed by atoms with van der Waals surface area (Å²) in [5, 5.41) is 3.52. The van der Waals surface area contributed by atoms with E-state index in [0.29, 0.717) is 0 Å². The first kappa shape index (κ1) is 15.7. The summed E-state index contributed by atoms with van der Waals surface area (Å²) >= 11 is 0. The molecular weight excluding hydrogens is 262 g/mol. The summed E-state index contributed by atoms with van der Waals surface area (Å²) in [6.45, 7) is 3.67. The average molecular weight is 279 g/mol. The largest absolute Gasteiger partial charge is 0.461 e. The van der Waals surface area contributed by atoms with Gasteiger partial charge in [0.2, 0.25) is 0 Å². The number of nitrogens with zero attached hydrogens (tertiary/aromatic N) is 1. The molecule has 20 heavy (non-hydrogen) atoms. The molecule has 0 aliphatic heterocycles. The molecule has 0 heterocycles. The highest BCUT2D eigenvalue weighted by Gasteiger charge is 2.24. The monoisotopic (exact) mass is 279 g/mol. The number of benzene rings is 1. The number of carbonyl (C=O) groups excluding carboxylic acids is 2. The first-order valence-electron chi connectivity index (χ1n) is 6.27. The number of rotatable bonds is 7. The highest BCUT2D eigenvalue weighted by Crippen LogP contribution is 2.01. The molecule has 1 aromatic carbocycles. The Kier molecular flexibility index (Phi) is 6.81. The third kappa shape index (κ3) is 5.09. The van der Waals surface area contributed by atoms with Crippen molar-refractivity contribution in [3.63, 3.8) is 0 Å². The van der Waals surface area contributed by atoms with E-state index < -0.39 is 17.7 Å². The van der Waals surface area contributed by atoms with E-state index in [-0.39, 0.29) is 19.8 Å². The maximum absolute atomic E-state index is 11.6. The highest BCUT2D eigenvalue weighted by molar-refractivity contribution is 6.62. The van der Waals surface area contributed by atoms with Gasteiger partial charge >= 0.3 is 11.9 Å². The van der Waals surface area contributed by atoms with Gasteiger partial charge in [0, 0.05) is 0 Å². The number of esters is 2. The third-order valence-electron chi connectivity index (χ3n) is 2.17. The van der Waals surface area contributed by atoms with Crippen LogP contribution in [0.2, 0.25) is 0 Å². The van der Waals surface area contributed by atoms with Crippen LogP contribution in [0.4, 0.5) is 0 Å². The topological polar surface area (TPSA) is 74.2 Å². The second-order valence-corrected chi connectivity index (χ2v) is 3.64. The van der Waals surface area contributed by atoms with Crippen LogP contribution in [0.3, 0.4) is 0 Å². The summed E-state index contributed by atoms with van der Waals surface area (Å²) in [6, 6.07) is 9.24. The van der Waals surface area contributed by atoms with Gasteiger partial charge in [-0.25, -0.2) is 9.59 Å². The van der Waals surface area contributed by atoms with Crippen molar-refractivity contribution in [1.29, 1.82) is 0 Å². The smallest absolute Gasteiger partial charge is 0.368 e. The summed E-state index contributed by atoms with van der Waals surface area (Å²) < 4.78 is 9.45. The Morgan fingerprint density at radius 3 is 2.05 bits per heavy atom. The number of oxime groups is 1. The fraction of sp³-hybridized carbons (Fsp3) is 0.357. The molecule has 0 saturated carbocycles. The Labute approximate surface area is 117 Å². The van der Waals surface area contributed by atoms with E-state index in [9.17, 15) is 9.59 Å². The Bertz CT molecular complexity index is 450. The summed E-state index contributed by atoms with van der Waals surface area (Å²) in [7, 11) is 0. The number of hydrogen-bond donors (Lipinski definition) is 0. The molecular formula is C14H17NO5. The number of carbonyl (C=O) groups is 2. The van der Waals surface area contributed by atoms with Crippen LogP contribution in [0.1, 0.15) is 19.4 Å². The third-order valence-corrected chi connectivity index (χ3v) is 2.17. The van der Waals surface area contributed by atoms with E-state index in [1.807, 2.05) is 30.3 Å². The molecule has 0 aliphatic rings. The van der Waals surface area contributed by atoms with Crippen LogP contribution in [-0.4, -0.2) is 30.9 Å². The van der Waals surface area contributed by atoms with Gasteiger partial charge in [0.25, 0.3) is 5.71 Å². The molecule has 0 aromatic heterocycles. The molecule has 0 spiro atoms. The molecule has 0 amide bonds. The molecule has 0 saturated heterocycles.